The number of anilines is 2. The van der Waals surface area contributed by atoms with Crippen molar-refractivity contribution in [3.05, 3.63) is 133 Å². The Labute approximate surface area is 400 Å². The number of piperazine rings is 2. The molecule has 6 aromatic rings. The summed E-state index contributed by atoms with van der Waals surface area (Å²) in [6.45, 7) is 10.5. The monoisotopic (exact) mass is 998 g/mol. The number of methoxy groups -OCH3 is 3. The predicted molar refractivity (Wildman–Crippen MR) is 261 cm³/mol. The Morgan fingerprint density at radius 2 is 0.969 bits per heavy atom. The largest absolute Gasteiger partial charge is 0.493 e. The van der Waals surface area contributed by atoms with Crippen molar-refractivity contribution in [2.45, 2.75) is 43.4 Å². The predicted octanol–water partition coefficient (Wildman–Crippen LogP) is 8.75. The van der Waals surface area contributed by atoms with Crippen LogP contribution in [-0.4, -0.2) is 109 Å². The zero-order valence-electron chi connectivity index (χ0n) is 37.1. The van der Waals surface area contributed by atoms with Crippen LogP contribution in [0.1, 0.15) is 39.2 Å². The molecule has 2 saturated heterocycles. The van der Waals surface area contributed by atoms with Crippen molar-refractivity contribution in [1.82, 2.24) is 18.6 Å². The Bertz CT molecular complexity index is 2760. The molecule has 0 spiro atoms. The fraction of sp³-hybridized carbons (Fsp3) is 0.348. The minimum atomic E-state index is -3.54. The van der Waals surface area contributed by atoms with Gasteiger partial charge in [-0.25, -0.2) is 26.8 Å². The molecule has 0 aliphatic carbocycles. The molecule has 19 heteroatoms. The van der Waals surface area contributed by atoms with Crippen LogP contribution in [0.25, 0.3) is 0 Å². The van der Waals surface area contributed by atoms with Gasteiger partial charge in [-0.2, -0.15) is 8.61 Å². The van der Waals surface area contributed by atoms with Gasteiger partial charge in [-0.15, -0.1) is 22.7 Å². The van der Waals surface area contributed by atoms with Gasteiger partial charge >= 0.3 is 0 Å². The van der Waals surface area contributed by atoms with Gasteiger partial charge in [0, 0.05) is 86.0 Å². The van der Waals surface area contributed by atoms with Gasteiger partial charge in [0.2, 0.25) is 25.8 Å². The van der Waals surface area contributed by atoms with E-state index in [2.05, 4.69) is 48.1 Å². The lowest BCUT2D eigenvalue weighted by Crippen LogP contribution is -2.48. The third kappa shape index (κ3) is 11.4. The van der Waals surface area contributed by atoms with E-state index in [-0.39, 0.29) is 9.79 Å². The van der Waals surface area contributed by atoms with Crippen molar-refractivity contribution < 1.29 is 31.0 Å². The molecule has 0 amide bonds. The van der Waals surface area contributed by atoms with E-state index in [9.17, 15) is 16.8 Å². The van der Waals surface area contributed by atoms with E-state index in [0.717, 1.165) is 33.6 Å². The summed E-state index contributed by atoms with van der Waals surface area (Å²) in [4.78, 5) is 14.5. The number of benzene rings is 4. The lowest BCUT2D eigenvalue weighted by molar-refractivity contribution is 0.324. The van der Waals surface area contributed by atoms with Gasteiger partial charge < -0.3 is 24.0 Å². The van der Waals surface area contributed by atoms with Gasteiger partial charge in [0.1, 0.15) is 0 Å². The van der Waals surface area contributed by atoms with Crippen molar-refractivity contribution >= 4 is 76.2 Å². The minimum Gasteiger partial charge on any atom is -0.493 e. The highest BCUT2D eigenvalue weighted by molar-refractivity contribution is 7.89. The number of rotatable bonds is 13. The van der Waals surface area contributed by atoms with Crippen molar-refractivity contribution in [2.24, 2.45) is 0 Å². The van der Waals surface area contributed by atoms with Crippen LogP contribution < -0.4 is 24.0 Å². The highest BCUT2D eigenvalue weighted by atomic mass is 35.5. The first kappa shape index (κ1) is 48.5. The van der Waals surface area contributed by atoms with Crippen LogP contribution in [0.4, 0.5) is 10.3 Å². The fourth-order valence-corrected chi connectivity index (χ4v) is 12.8. The number of sulfonamides is 2. The molecule has 0 bridgehead atoms. The Hall–Kier alpha value is -4.46. The van der Waals surface area contributed by atoms with Crippen LogP contribution in [0.5, 0.6) is 17.2 Å². The van der Waals surface area contributed by atoms with E-state index in [0.29, 0.717) is 86.1 Å². The molecule has 2 aliphatic rings. The molecule has 2 aromatic heterocycles. The Morgan fingerprint density at radius 1 is 0.569 bits per heavy atom. The van der Waals surface area contributed by atoms with E-state index >= 15 is 0 Å². The molecular weight excluding hydrogens is 948 g/mol. The first-order chi connectivity index (χ1) is 31.1. The minimum absolute atomic E-state index is 0.257. The molecule has 0 saturated carbocycles. The molecule has 0 radical (unpaired) electrons. The summed E-state index contributed by atoms with van der Waals surface area (Å²) in [6.07, 6.45) is 1.43. The molecule has 13 nitrogen and oxygen atoms in total. The summed E-state index contributed by atoms with van der Waals surface area (Å²) in [5.74, 6) is 1.76. The Morgan fingerprint density at radius 3 is 1.35 bits per heavy atom. The van der Waals surface area contributed by atoms with Crippen molar-refractivity contribution in [1.29, 1.82) is 0 Å². The van der Waals surface area contributed by atoms with Crippen molar-refractivity contribution in [2.75, 3.05) is 83.5 Å². The first-order valence-corrected chi connectivity index (χ1v) is 26.2. The van der Waals surface area contributed by atoms with Crippen LogP contribution >= 0.6 is 45.9 Å². The first-order valence-electron chi connectivity index (χ1n) is 20.8. The van der Waals surface area contributed by atoms with Crippen LogP contribution in [0.2, 0.25) is 10.0 Å². The van der Waals surface area contributed by atoms with Crippen molar-refractivity contribution in [3.8, 4) is 17.2 Å². The van der Waals surface area contributed by atoms with E-state index in [1.807, 2.05) is 17.5 Å². The molecule has 2 fully saturated rings. The van der Waals surface area contributed by atoms with Gasteiger partial charge in [-0.1, -0.05) is 40.9 Å². The van der Waals surface area contributed by atoms with Gasteiger partial charge in [0.25, 0.3) is 0 Å². The summed E-state index contributed by atoms with van der Waals surface area (Å²) in [5, 5.41) is 7.02. The number of hydrogen-bond donors (Lipinski definition) is 0. The maximum atomic E-state index is 12.9. The number of aryl methyl sites for hydroxylation is 3. The van der Waals surface area contributed by atoms with E-state index in [4.69, 9.17) is 47.4 Å². The summed E-state index contributed by atoms with van der Waals surface area (Å²) in [6, 6.07) is 20.9. The van der Waals surface area contributed by atoms with Gasteiger partial charge in [0.15, 0.2) is 21.8 Å². The second-order valence-electron chi connectivity index (χ2n) is 15.7. The highest BCUT2D eigenvalue weighted by Crippen LogP contribution is 2.39. The molecule has 0 unspecified atom stereocenters. The average Bonchev–Trinajstić information content (AvgIpc) is 3.98. The normalized spacial score (nSPS) is 15.1. The Kier molecular flexibility index (Phi) is 15.7. The lowest BCUT2D eigenvalue weighted by atomic mass is 9.96. The number of nitrogens with zero attached hydrogens (tertiary/aromatic N) is 6. The SMILES string of the molecule is COc1cc(Cc2csc(N3CCN(S(=O)(=O)c4ccc(Cl)cc4)CC3)n2)cc(OC)c1OC.Cc1cc(C)c(Cc2csc(N3CCN(S(=O)(=O)c4ccc(Cl)cc4)CC3)n2)c(C)c1. The third-order valence-electron chi connectivity index (χ3n) is 11.3. The molecule has 8 rings (SSSR count). The summed E-state index contributed by atoms with van der Waals surface area (Å²) in [5.41, 5.74) is 8.19. The smallest absolute Gasteiger partial charge is 0.243 e. The maximum absolute atomic E-state index is 12.9. The molecule has 4 heterocycles. The number of thiazole rings is 2. The number of halogens is 2. The van der Waals surface area contributed by atoms with Gasteiger partial charge in [-0.3, -0.25) is 0 Å². The molecule has 4 aromatic carbocycles. The van der Waals surface area contributed by atoms with Crippen LogP contribution in [0, 0.1) is 20.8 Å². The number of ether oxygens (including phenoxy) is 3. The summed E-state index contributed by atoms with van der Waals surface area (Å²) in [7, 11) is -2.28. The molecule has 346 valence electrons. The van der Waals surface area contributed by atoms with E-state index < -0.39 is 20.0 Å². The molecular formula is C46H52Cl2N6O7S4. The zero-order valence-corrected chi connectivity index (χ0v) is 41.9. The maximum Gasteiger partial charge on any atom is 0.243 e. The highest BCUT2D eigenvalue weighted by Gasteiger charge is 2.31. The second kappa shape index (κ2) is 21.0. The fourth-order valence-electron chi connectivity index (χ4n) is 7.91. The quantitative estimate of drug-likeness (QED) is 0.110. The number of aromatic nitrogens is 2. The summed E-state index contributed by atoms with van der Waals surface area (Å²) < 4.78 is 70.9. The molecule has 0 N–H and O–H groups in total. The molecule has 65 heavy (non-hydrogen) atoms. The summed E-state index contributed by atoms with van der Waals surface area (Å²) >= 11 is 15.0. The van der Waals surface area contributed by atoms with E-state index in [1.54, 1.807) is 96.8 Å². The molecule has 0 atom stereocenters. The van der Waals surface area contributed by atoms with Gasteiger partial charge in [0.05, 0.1) is 42.5 Å². The van der Waals surface area contributed by atoms with Crippen molar-refractivity contribution in [3.63, 3.8) is 0 Å². The van der Waals surface area contributed by atoms with Crippen LogP contribution in [-0.2, 0) is 32.9 Å². The number of hydrogen-bond acceptors (Lipinski definition) is 13. The topological polar surface area (TPSA) is 135 Å². The third-order valence-corrected chi connectivity index (χ3v) is 17.5. The Balaban J connectivity index is 0.000000195. The standard InChI is InChI=1S/C23H26ClN3O5S2.C23H26ClN3O2S2/c1-30-20-13-16(14-21(31-2)22(20)32-3)12-18-15-33-23(25-18)26-8-10-27(11-9-26)34(28,29)19-6-4-17(24)5-7-19;1-16-12-17(2)22(18(3)13-16)14-20-15-30-23(25-20)26-8-10-27(11-9-26)31(28,29)21-6-4-19(24)5-7-21/h4-7,13-15H,8-12H2,1-3H3;4-7,12-13,15H,8-11,14H2,1-3H3. The second-order valence-corrected chi connectivity index (χ2v) is 22.1. The van der Waals surface area contributed by atoms with Crippen LogP contribution in [0.3, 0.4) is 0 Å². The average molecular weight is 1000 g/mol. The zero-order chi connectivity index (χ0) is 46.5. The van der Waals surface area contributed by atoms with Crippen LogP contribution in [0.15, 0.2) is 93.3 Å². The van der Waals surface area contributed by atoms with E-state index in [1.165, 1.54) is 26.6 Å². The molecule has 2 aliphatic heterocycles. The lowest BCUT2D eigenvalue weighted by Gasteiger charge is -2.33. The van der Waals surface area contributed by atoms with Gasteiger partial charge in [-0.05, 0) is 104 Å².